The average molecular weight is 276 g/mol. The smallest absolute Gasteiger partial charge is 0.243 e. The van der Waals surface area contributed by atoms with E-state index in [1.165, 1.54) is 5.56 Å². The first-order valence-corrected chi connectivity index (χ1v) is 6.88. The fraction of sp³-hybridized carbons (Fsp3) is 0.500. The number of nitrogens with one attached hydrogen (secondary N) is 2. The van der Waals surface area contributed by atoms with Crippen molar-refractivity contribution in [3.8, 4) is 0 Å². The van der Waals surface area contributed by atoms with E-state index in [9.17, 15) is 9.59 Å². The van der Waals surface area contributed by atoms with Crippen molar-refractivity contribution in [3.63, 3.8) is 0 Å². The van der Waals surface area contributed by atoms with Crippen LogP contribution in [0, 0.1) is 5.41 Å². The molecule has 0 atom stereocenters. The summed E-state index contributed by atoms with van der Waals surface area (Å²) in [6.45, 7) is 9.66. The highest BCUT2D eigenvalue weighted by Crippen LogP contribution is 2.17. The van der Waals surface area contributed by atoms with E-state index < -0.39 is 5.41 Å². The molecule has 0 bridgehead atoms. The Morgan fingerprint density at radius 3 is 2.10 bits per heavy atom. The predicted octanol–water partition coefficient (Wildman–Crippen LogP) is 2.91. The maximum absolute atomic E-state index is 11.7. The monoisotopic (exact) mass is 276 g/mol. The predicted molar refractivity (Wildman–Crippen MR) is 81.6 cm³/mol. The number of benzene rings is 1. The van der Waals surface area contributed by atoms with Crippen molar-refractivity contribution in [3.05, 3.63) is 29.8 Å². The van der Waals surface area contributed by atoms with Gasteiger partial charge >= 0.3 is 0 Å². The summed E-state index contributed by atoms with van der Waals surface area (Å²) in [5, 5.41) is 5.38. The molecule has 0 saturated heterocycles. The lowest BCUT2D eigenvalue weighted by atomic mass is 9.96. The van der Waals surface area contributed by atoms with E-state index in [1.54, 1.807) is 0 Å². The van der Waals surface area contributed by atoms with Crippen LogP contribution in [-0.4, -0.2) is 18.4 Å². The van der Waals surface area contributed by atoms with Gasteiger partial charge in [0.15, 0.2) is 0 Å². The van der Waals surface area contributed by atoms with Crippen LogP contribution in [0.2, 0.25) is 0 Å². The van der Waals surface area contributed by atoms with Crippen LogP contribution in [-0.2, 0) is 9.59 Å². The van der Waals surface area contributed by atoms with Crippen molar-refractivity contribution in [1.82, 2.24) is 5.32 Å². The Kier molecular flexibility index (Phi) is 5.31. The summed E-state index contributed by atoms with van der Waals surface area (Å²) < 4.78 is 0. The van der Waals surface area contributed by atoms with Gasteiger partial charge < -0.3 is 10.6 Å². The van der Waals surface area contributed by atoms with Crippen LogP contribution in [0.25, 0.3) is 0 Å². The second kappa shape index (κ2) is 6.55. The van der Waals surface area contributed by atoms with Gasteiger partial charge in [-0.05, 0) is 23.6 Å². The largest absolute Gasteiger partial charge is 0.347 e. The van der Waals surface area contributed by atoms with Crippen LogP contribution in [0.4, 0.5) is 5.69 Å². The molecule has 0 aliphatic heterocycles. The number of hydrogen-bond donors (Lipinski definition) is 2. The molecule has 0 aliphatic carbocycles. The Bertz CT molecular complexity index is 470. The molecule has 2 N–H and O–H groups in total. The molecule has 4 heteroatoms. The molecule has 1 aromatic carbocycles. The number of anilines is 1. The molecule has 0 aromatic heterocycles. The number of amides is 2. The Morgan fingerprint density at radius 1 is 1.10 bits per heavy atom. The number of rotatable bonds is 4. The zero-order valence-corrected chi connectivity index (χ0v) is 12.9. The van der Waals surface area contributed by atoms with Gasteiger partial charge in [0.25, 0.3) is 0 Å². The molecule has 20 heavy (non-hydrogen) atoms. The summed E-state index contributed by atoms with van der Waals surface area (Å²) in [6.07, 6.45) is 0. The first-order chi connectivity index (χ1) is 9.20. The molecule has 0 heterocycles. The van der Waals surface area contributed by atoms with Crippen molar-refractivity contribution in [2.75, 3.05) is 11.9 Å². The highest BCUT2D eigenvalue weighted by molar-refractivity contribution is 5.95. The maximum atomic E-state index is 11.7. The minimum Gasteiger partial charge on any atom is -0.347 e. The summed E-state index contributed by atoms with van der Waals surface area (Å²) in [5.41, 5.74) is 1.48. The van der Waals surface area contributed by atoms with Crippen LogP contribution >= 0.6 is 0 Å². The van der Waals surface area contributed by atoms with Gasteiger partial charge in [-0.2, -0.15) is 0 Å². The third kappa shape index (κ3) is 5.03. The molecule has 1 rings (SSSR count). The fourth-order valence-electron chi connectivity index (χ4n) is 1.58. The van der Waals surface area contributed by atoms with Crippen LogP contribution < -0.4 is 10.6 Å². The lowest BCUT2D eigenvalue weighted by Gasteiger charge is -2.17. The van der Waals surface area contributed by atoms with Crippen molar-refractivity contribution < 1.29 is 9.59 Å². The number of hydrogen-bond acceptors (Lipinski definition) is 2. The fourth-order valence-corrected chi connectivity index (χ4v) is 1.58. The van der Waals surface area contributed by atoms with Gasteiger partial charge in [0, 0.05) is 11.1 Å². The maximum Gasteiger partial charge on any atom is 0.243 e. The second-order valence-corrected chi connectivity index (χ2v) is 6.26. The highest BCUT2D eigenvalue weighted by atomic mass is 16.2. The summed E-state index contributed by atoms with van der Waals surface area (Å²) in [7, 11) is 0. The van der Waals surface area contributed by atoms with Crippen molar-refractivity contribution in [2.24, 2.45) is 5.41 Å². The molecule has 0 saturated carbocycles. The average Bonchev–Trinajstić information content (AvgIpc) is 2.35. The van der Waals surface area contributed by atoms with Gasteiger partial charge in [0.1, 0.15) is 0 Å². The van der Waals surface area contributed by atoms with E-state index >= 15 is 0 Å². The second-order valence-electron chi connectivity index (χ2n) is 6.26. The van der Waals surface area contributed by atoms with Gasteiger partial charge in [-0.3, -0.25) is 9.59 Å². The van der Waals surface area contributed by atoms with Crippen LogP contribution in [0.1, 0.15) is 46.1 Å². The molecule has 0 aliphatic rings. The van der Waals surface area contributed by atoms with Crippen LogP contribution in [0.5, 0.6) is 0 Å². The van der Waals surface area contributed by atoms with Crippen LogP contribution in [0.3, 0.4) is 0 Å². The Hall–Kier alpha value is -1.84. The summed E-state index contributed by atoms with van der Waals surface area (Å²) in [5.74, 6) is 0.105. The minimum absolute atomic E-state index is 0.0119. The molecule has 2 amide bonds. The molecular weight excluding hydrogens is 252 g/mol. The third-order valence-electron chi connectivity index (χ3n) is 2.95. The normalized spacial score (nSPS) is 11.3. The van der Waals surface area contributed by atoms with Crippen LogP contribution in [0.15, 0.2) is 24.3 Å². The molecule has 4 nitrogen and oxygen atoms in total. The molecule has 110 valence electrons. The van der Waals surface area contributed by atoms with Gasteiger partial charge in [0.2, 0.25) is 11.8 Å². The standard InChI is InChI=1S/C16H24N2O2/c1-11(2)12-6-8-13(9-7-12)18-14(19)10-17-15(20)16(3,4)5/h6-9,11H,10H2,1-5H3,(H,17,20)(H,18,19). The lowest BCUT2D eigenvalue weighted by molar-refractivity contribution is -0.130. The molecular formula is C16H24N2O2. The zero-order chi connectivity index (χ0) is 15.3. The highest BCUT2D eigenvalue weighted by Gasteiger charge is 2.21. The van der Waals surface area contributed by atoms with E-state index in [0.717, 1.165) is 5.69 Å². The minimum atomic E-state index is -0.487. The van der Waals surface area contributed by atoms with Gasteiger partial charge in [-0.25, -0.2) is 0 Å². The number of carbonyl (C=O) groups is 2. The summed E-state index contributed by atoms with van der Waals surface area (Å²) >= 11 is 0. The topological polar surface area (TPSA) is 58.2 Å². The third-order valence-corrected chi connectivity index (χ3v) is 2.95. The quantitative estimate of drug-likeness (QED) is 0.888. The Labute approximate surface area is 121 Å². The van der Waals surface area contributed by atoms with E-state index in [4.69, 9.17) is 0 Å². The SMILES string of the molecule is CC(C)c1ccc(NC(=O)CNC(=O)C(C)(C)C)cc1. The first kappa shape index (κ1) is 16.2. The Balaban J connectivity index is 2.49. The van der Waals surface area contributed by atoms with Crippen molar-refractivity contribution >= 4 is 17.5 Å². The molecule has 1 aromatic rings. The van der Waals surface area contributed by atoms with E-state index in [0.29, 0.717) is 5.92 Å². The van der Waals surface area contributed by atoms with E-state index in [-0.39, 0.29) is 18.4 Å². The zero-order valence-electron chi connectivity index (χ0n) is 12.9. The lowest BCUT2D eigenvalue weighted by Crippen LogP contribution is -2.39. The van der Waals surface area contributed by atoms with E-state index in [2.05, 4.69) is 24.5 Å². The molecule has 0 fully saturated rings. The summed E-state index contributed by atoms with van der Waals surface area (Å²) in [4.78, 5) is 23.4. The molecule has 0 unspecified atom stereocenters. The van der Waals surface area contributed by atoms with E-state index in [1.807, 2.05) is 45.0 Å². The summed E-state index contributed by atoms with van der Waals surface area (Å²) in [6, 6.07) is 7.74. The van der Waals surface area contributed by atoms with Gasteiger partial charge in [-0.1, -0.05) is 46.8 Å². The van der Waals surface area contributed by atoms with Crippen molar-refractivity contribution in [1.29, 1.82) is 0 Å². The molecule has 0 radical (unpaired) electrons. The number of carbonyl (C=O) groups excluding carboxylic acids is 2. The van der Waals surface area contributed by atoms with Gasteiger partial charge in [-0.15, -0.1) is 0 Å². The first-order valence-electron chi connectivity index (χ1n) is 6.88. The Morgan fingerprint density at radius 2 is 1.65 bits per heavy atom. The van der Waals surface area contributed by atoms with Gasteiger partial charge in [0.05, 0.1) is 6.54 Å². The van der Waals surface area contributed by atoms with Crippen molar-refractivity contribution in [2.45, 2.75) is 40.5 Å². The molecule has 0 spiro atoms.